The fourth-order valence-electron chi connectivity index (χ4n) is 3.88. The van der Waals surface area contributed by atoms with Crippen LogP contribution in [-0.2, 0) is 11.3 Å². The highest BCUT2D eigenvalue weighted by atomic mass is 19.1. The molecule has 0 N–H and O–H groups in total. The van der Waals surface area contributed by atoms with Crippen molar-refractivity contribution in [2.24, 2.45) is 0 Å². The highest BCUT2D eigenvalue weighted by molar-refractivity contribution is 5.94. The van der Waals surface area contributed by atoms with Crippen LogP contribution in [0.3, 0.4) is 0 Å². The number of para-hydroxylation sites is 1. The van der Waals surface area contributed by atoms with E-state index in [4.69, 9.17) is 0 Å². The molecule has 2 heterocycles. The molecule has 1 saturated heterocycles. The summed E-state index contributed by atoms with van der Waals surface area (Å²) < 4.78 is 16.0. The molecule has 1 fully saturated rings. The van der Waals surface area contributed by atoms with Crippen LogP contribution in [0.5, 0.6) is 0 Å². The molecule has 0 bridgehead atoms. The van der Waals surface area contributed by atoms with Crippen molar-refractivity contribution < 1.29 is 14.0 Å². The maximum Gasteiger partial charge on any atom is 0.256 e. The van der Waals surface area contributed by atoms with Crippen molar-refractivity contribution in [2.45, 2.75) is 19.4 Å². The number of hydrogen-bond acceptors (Lipinski definition) is 2. The standard InChI is InChI=1S/C23H24FN3O2/c24-20-8-3-2-7-19(20)23(29)27-13-5-12-26(16-17-27)22(28)11-15-25-14-10-18-6-1-4-9-21(18)25/h1-4,6-10,14H,5,11-13,15-17H2. The lowest BCUT2D eigenvalue weighted by Gasteiger charge is -2.22. The number of benzene rings is 2. The smallest absolute Gasteiger partial charge is 0.256 e. The van der Waals surface area contributed by atoms with Crippen LogP contribution in [-0.4, -0.2) is 52.4 Å². The van der Waals surface area contributed by atoms with Crippen LogP contribution in [0.2, 0.25) is 0 Å². The number of rotatable bonds is 4. The average molecular weight is 393 g/mol. The van der Waals surface area contributed by atoms with Crippen LogP contribution in [0, 0.1) is 5.82 Å². The molecule has 1 aliphatic heterocycles. The zero-order valence-corrected chi connectivity index (χ0v) is 16.3. The molecule has 0 spiro atoms. The van der Waals surface area contributed by atoms with Crippen molar-refractivity contribution >= 4 is 22.7 Å². The molecule has 1 aromatic heterocycles. The molecule has 0 atom stereocenters. The Bertz CT molecular complexity index is 1030. The Balaban J connectivity index is 1.35. The molecule has 0 aliphatic carbocycles. The number of aromatic nitrogens is 1. The van der Waals surface area contributed by atoms with Crippen LogP contribution >= 0.6 is 0 Å². The summed E-state index contributed by atoms with van der Waals surface area (Å²) in [4.78, 5) is 28.8. The Hall–Kier alpha value is -3.15. The van der Waals surface area contributed by atoms with Crippen molar-refractivity contribution in [2.75, 3.05) is 26.2 Å². The minimum absolute atomic E-state index is 0.0861. The number of nitrogens with zero attached hydrogens (tertiary/aromatic N) is 3. The molecular weight excluding hydrogens is 369 g/mol. The van der Waals surface area contributed by atoms with E-state index in [1.54, 1.807) is 17.0 Å². The van der Waals surface area contributed by atoms with E-state index in [1.807, 2.05) is 23.2 Å². The first-order valence-corrected chi connectivity index (χ1v) is 9.99. The van der Waals surface area contributed by atoms with E-state index in [0.29, 0.717) is 45.6 Å². The molecule has 2 aromatic carbocycles. The Morgan fingerprint density at radius 3 is 2.45 bits per heavy atom. The summed E-state index contributed by atoms with van der Waals surface area (Å²) in [5, 5.41) is 1.16. The lowest BCUT2D eigenvalue weighted by atomic mass is 10.2. The molecule has 29 heavy (non-hydrogen) atoms. The number of hydrogen-bond donors (Lipinski definition) is 0. The quantitative estimate of drug-likeness (QED) is 0.681. The third-order valence-electron chi connectivity index (χ3n) is 5.49. The monoisotopic (exact) mass is 393 g/mol. The van der Waals surface area contributed by atoms with Gasteiger partial charge in [0.05, 0.1) is 5.56 Å². The number of amides is 2. The van der Waals surface area contributed by atoms with Crippen LogP contribution in [0.4, 0.5) is 4.39 Å². The Kier molecular flexibility index (Phi) is 5.60. The van der Waals surface area contributed by atoms with Gasteiger partial charge in [-0.3, -0.25) is 9.59 Å². The SMILES string of the molecule is O=C(CCn1ccc2ccccc21)N1CCCN(C(=O)c2ccccc2F)CC1. The minimum atomic E-state index is -0.506. The summed E-state index contributed by atoms with van der Waals surface area (Å²) >= 11 is 0. The molecule has 150 valence electrons. The van der Waals surface area contributed by atoms with Crippen molar-refractivity contribution in [1.82, 2.24) is 14.4 Å². The first kappa shape index (κ1) is 19.2. The number of carbonyl (C=O) groups excluding carboxylic acids is 2. The van der Waals surface area contributed by atoms with Crippen LogP contribution in [0.25, 0.3) is 10.9 Å². The minimum Gasteiger partial charge on any atom is -0.347 e. The lowest BCUT2D eigenvalue weighted by molar-refractivity contribution is -0.131. The van der Waals surface area contributed by atoms with E-state index in [1.165, 1.54) is 12.1 Å². The van der Waals surface area contributed by atoms with Gasteiger partial charge >= 0.3 is 0 Å². The predicted octanol–water partition coefficient (Wildman–Crippen LogP) is 3.55. The van der Waals surface area contributed by atoms with Gasteiger partial charge in [0.15, 0.2) is 0 Å². The third-order valence-corrected chi connectivity index (χ3v) is 5.49. The van der Waals surface area contributed by atoms with E-state index in [-0.39, 0.29) is 17.4 Å². The number of fused-ring (bicyclic) bond motifs is 1. The second-order valence-electron chi connectivity index (χ2n) is 7.32. The second-order valence-corrected chi connectivity index (χ2v) is 7.32. The van der Waals surface area contributed by atoms with Gasteiger partial charge in [-0.15, -0.1) is 0 Å². The zero-order valence-electron chi connectivity index (χ0n) is 16.3. The molecule has 5 nitrogen and oxygen atoms in total. The Morgan fingerprint density at radius 2 is 1.59 bits per heavy atom. The molecule has 1 aliphatic rings. The molecule has 6 heteroatoms. The summed E-state index contributed by atoms with van der Waals surface area (Å²) in [5.41, 5.74) is 1.21. The average Bonchev–Trinajstić information content (AvgIpc) is 2.99. The van der Waals surface area contributed by atoms with Crippen molar-refractivity contribution in [1.29, 1.82) is 0 Å². The van der Waals surface area contributed by atoms with Crippen LogP contribution in [0.1, 0.15) is 23.2 Å². The number of carbonyl (C=O) groups is 2. The molecule has 0 unspecified atom stereocenters. The zero-order chi connectivity index (χ0) is 20.2. The van der Waals surface area contributed by atoms with E-state index in [9.17, 15) is 14.0 Å². The molecular formula is C23H24FN3O2. The van der Waals surface area contributed by atoms with Crippen molar-refractivity contribution in [3.8, 4) is 0 Å². The summed E-state index contributed by atoms with van der Waals surface area (Å²) in [6, 6.07) is 16.2. The largest absolute Gasteiger partial charge is 0.347 e. The van der Waals surface area contributed by atoms with Gasteiger partial charge in [-0.2, -0.15) is 0 Å². The van der Waals surface area contributed by atoms with E-state index < -0.39 is 5.82 Å². The molecule has 0 radical (unpaired) electrons. The van der Waals surface area contributed by atoms with Gasteiger partial charge in [-0.25, -0.2) is 4.39 Å². The molecule has 4 rings (SSSR count). The van der Waals surface area contributed by atoms with Crippen molar-refractivity contribution in [3.05, 3.63) is 72.2 Å². The Labute approximate surface area is 169 Å². The summed E-state index contributed by atoms with van der Waals surface area (Å²) in [5.74, 6) is -0.729. The second kappa shape index (κ2) is 8.47. The third kappa shape index (κ3) is 4.16. The van der Waals surface area contributed by atoms with Gasteiger partial charge in [0, 0.05) is 50.9 Å². The van der Waals surface area contributed by atoms with Gasteiger partial charge in [-0.05, 0) is 36.1 Å². The fourth-order valence-corrected chi connectivity index (χ4v) is 3.88. The van der Waals surface area contributed by atoms with E-state index in [2.05, 4.69) is 22.8 Å². The van der Waals surface area contributed by atoms with Crippen LogP contribution < -0.4 is 0 Å². The Morgan fingerprint density at radius 1 is 0.862 bits per heavy atom. The van der Waals surface area contributed by atoms with Gasteiger partial charge in [0.2, 0.25) is 5.91 Å². The van der Waals surface area contributed by atoms with Gasteiger partial charge < -0.3 is 14.4 Å². The summed E-state index contributed by atoms with van der Waals surface area (Å²) in [6.07, 6.45) is 3.12. The van der Waals surface area contributed by atoms with Gasteiger partial charge in [0.25, 0.3) is 5.91 Å². The first-order chi connectivity index (χ1) is 14.1. The van der Waals surface area contributed by atoms with E-state index >= 15 is 0 Å². The molecule has 2 amide bonds. The van der Waals surface area contributed by atoms with Gasteiger partial charge in [-0.1, -0.05) is 30.3 Å². The molecule has 3 aromatic rings. The van der Waals surface area contributed by atoms with Gasteiger partial charge in [0.1, 0.15) is 5.82 Å². The fraction of sp³-hybridized carbons (Fsp3) is 0.304. The highest BCUT2D eigenvalue weighted by Gasteiger charge is 2.24. The molecule has 0 saturated carbocycles. The normalized spacial score (nSPS) is 14.8. The summed E-state index contributed by atoms with van der Waals surface area (Å²) in [6.45, 7) is 2.67. The van der Waals surface area contributed by atoms with Crippen LogP contribution in [0.15, 0.2) is 60.8 Å². The maximum absolute atomic E-state index is 13.9. The number of aryl methyl sites for hydroxylation is 1. The van der Waals surface area contributed by atoms with Crippen molar-refractivity contribution in [3.63, 3.8) is 0 Å². The van der Waals surface area contributed by atoms with E-state index in [0.717, 1.165) is 10.9 Å². The predicted molar refractivity (Wildman–Crippen MR) is 110 cm³/mol. The maximum atomic E-state index is 13.9. The first-order valence-electron chi connectivity index (χ1n) is 9.99. The highest BCUT2D eigenvalue weighted by Crippen LogP contribution is 2.16. The summed E-state index contributed by atoms with van der Waals surface area (Å²) in [7, 11) is 0. The topological polar surface area (TPSA) is 45.6 Å². The number of halogens is 1. The lowest BCUT2D eigenvalue weighted by Crippen LogP contribution is -2.37.